The third-order valence-electron chi connectivity index (χ3n) is 4.80. The number of benzene rings is 1. The molecule has 0 aromatic heterocycles. The van der Waals surface area contributed by atoms with Gasteiger partial charge in [-0.25, -0.2) is 0 Å². The summed E-state index contributed by atoms with van der Waals surface area (Å²) in [6.45, 7) is 20.3. The summed E-state index contributed by atoms with van der Waals surface area (Å²) in [6, 6.07) is 4.89. The minimum atomic E-state index is 0. The summed E-state index contributed by atoms with van der Waals surface area (Å²) in [5.74, 6) is 0. The lowest BCUT2D eigenvalue weighted by molar-refractivity contribution is 0.289. The van der Waals surface area contributed by atoms with E-state index in [1.165, 1.54) is 35.1 Å². The third-order valence-corrected chi connectivity index (χ3v) is 4.80. The molecule has 0 unspecified atom stereocenters. The number of rotatable bonds is 10. The molecule has 1 aromatic rings. The van der Waals surface area contributed by atoms with Crippen molar-refractivity contribution in [2.75, 3.05) is 26.2 Å². The van der Waals surface area contributed by atoms with Gasteiger partial charge in [-0.2, -0.15) is 0 Å². The average Bonchev–Trinajstić information content (AvgIpc) is 2.53. The van der Waals surface area contributed by atoms with E-state index in [2.05, 4.69) is 63.5 Å². The van der Waals surface area contributed by atoms with Crippen LogP contribution in [0.3, 0.4) is 0 Å². The summed E-state index contributed by atoms with van der Waals surface area (Å²) in [5, 5.41) is 0. The van der Waals surface area contributed by atoms with E-state index >= 15 is 0 Å². The van der Waals surface area contributed by atoms with Crippen LogP contribution < -0.4 is 0 Å². The molecule has 0 aliphatic heterocycles. The first-order chi connectivity index (χ1) is 10.6. The largest absolute Gasteiger partial charge is 0.300 e. The van der Waals surface area contributed by atoms with Crippen molar-refractivity contribution in [1.29, 1.82) is 0 Å². The highest BCUT2D eigenvalue weighted by Crippen LogP contribution is 2.21. The van der Waals surface area contributed by atoms with Crippen LogP contribution in [-0.4, -0.2) is 36.0 Å². The van der Waals surface area contributed by atoms with Crippen LogP contribution in [0, 0.1) is 6.92 Å². The van der Waals surface area contributed by atoms with E-state index in [-0.39, 0.29) is 14.9 Å². The van der Waals surface area contributed by atoms with Gasteiger partial charge in [-0.3, -0.25) is 9.80 Å². The van der Waals surface area contributed by atoms with Crippen LogP contribution in [0.15, 0.2) is 12.1 Å². The minimum absolute atomic E-state index is 0. The van der Waals surface area contributed by atoms with Crippen molar-refractivity contribution >= 4 is 0 Å². The minimum Gasteiger partial charge on any atom is -0.300 e. The highest BCUT2D eigenvalue weighted by Gasteiger charge is 2.12. The topological polar surface area (TPSA) is 6.48 Å². The van der Waals surface area contributed by atoms with Gasteiger partial charge in [-0.15, -0.1) is 0 Å². The second-order valence-corrected chi connectivity index (χ2v) is 6.21. The number of hydrogen-bond acceptors (Lipinski definition) is 2. The van der Waals surface area contributed by atoms with Gasteiger partial charge in [0, 0.05) is 13.1 Å². The molecular formula is C22H44N2. The van der Waals surface area contributed by atoms with Crippen LogP contribution in [0.1, 0.15) is 78.1 Å². The Labute approximate surface area is 153 Å². The standard InChI is InChI=1S/C20H36N2.2CH4/c1-7-12-18-13-19(15-21(8-2)9-3)17(6)20(14-18)16-22(10-4)11-5;;/h13-14H,7-12,15-16H2,1-6H3;2*1H4. The number of nitrogens with zero attached hydrogens (tertiary/aromatic N) is 2. The van der Waals surface area contributed by atoms with E-state index in [1.54, 1.807) is 0 Å². The molecule has 142 valence electrons. The van der Waals surface area contributed by atoms with Crippen LogP contribution >= 0.6 is 0 Å². The molecule has 0 amide bonds. The molecule has 0 bridgehead atoms. The quantitative estimate of drug-likeness (QED) is 0.524. The van der Waals surface area contributed by atoms with Crippen molar-refractivity contribution in [2.45, 2.75) is 82.3 Å². The Balaban J connectivity index is 0. The monoisotopic (exact) mass is 336 g/mol. The Kier molecular flexibility index (Phi) is 14.2. The lowest BCUT2D eigenvalue weighted by atomic mass is 9.95. The van der Waals surface area contributed by atoms with Crippen molar-refractivity contribution in [3.05, 3.63) is 34.4 Å². The normalized spacial score (nSPS) is 10.7. The molecule has 0 aliphatic rings. The molecule has 2 heteroatoms. The van der Waals surface area contributed by atoms with E-state index in [4.69, 9.17) is 0 Å². The molecule has 0 saturated carbocycles. The van der Waals surface area contributed by atoms with Crippen molar-refractivity contribution in [3.63, 3.8) is 0 Å². The van der Waals surface area contributed by atoms with Crippen molar-refractivity contribution in [1.82, 2.24) is 9.80 Å². The van der Waals surface area contributed by atoms with Gasteiger partial charge in [0.2, 0.25) is 0 Å². The Hall–Kier alpha value is -0.860. The number of hydrogen-bond donors (Lipinski definition) is 0. The van der Waals surface area contributed by atoms with Crippen LogP contribution in [0.25, 0.3) is 0 Å². The fourth-order valence-corrected chi connectivity index (χ4v) is 3.05. The summed E-state index contributed by atoms with van der Waals surface area (Å²) >= 11 is 0. The zero-order chi connectivity index (χ0) is 16.5. The maximum absolute atomic E-state index is 2.51. The van der Waals surface area contributed by atoms with Crippen LogP contribution in [0.5, 0.6) is 0 Å². The Morgan fingerprint density at radius 1 is 0.708 bits per heavy atom. The molecule has 0 spiro atoms. The molecule has 0 heterocycles. The van der Waals surface area contributed by atoms with Crippen LogP contribution in [0.4, 0.5) is 0 Å². The average molecular weight is 337 g/mol. The van der Waals surface area contributed by atoms with Gasteiger partial charge in [0.05, 0.1) is 0 Å². The molecule has 0 aliphatic carbocycles. The maximum atomic E-state index is 2.51. The van der Waals surface area contributed by atoms with Crippen molar-refractivity contribution in [2.24, 2.45) is 0 Å². The summed E-state index contributed by atoms with van der Waals surface area (Å²) in [5.41, 5.74) is 6.06. The zero-order valence-corrected chi connectivity index (χ0v) is 15.7. The molecule has 0 saturated heterocycles. The lowest BCUT2D eigenvalue weighted by Gasteiger charge is -2.24. The fraction of sp³-hybridized carbons (Fsp3) is 0.727. The first-order valence-corrected chi connectivity index (χ1v) is 9.15. The summed E-state index contributed by atoms with van der Waals surface area (Å²) in [4.78, 5) is 5.03. The summed E-state index contributed by atoms with van der Waals surface area (Å²) in [7, 11) is 0. The van der Waals surface area contributed by atoms with Crippen LogP contribution in [-0.2, 0) is 19.5 Å². The number of aryl methyl sites for hydroxylation is 1. The van der Waals surface area contributed by atoms with E-state index in [9.17, 15) is 0 Å². The van der Waals surface area contributed by atoms with Gasteiger partial charge in [-0.05, 0) is 61.8 Å². The van der Waals surface area contributed by atoms with E-state index in [0.717, 1.165) is 39.3 Å². The van der Waals surface area contributed by atoms with Gasteiger partial charge in [0.15, 0.2) is 0 Å². The fourth-order valence-electron chi connectivity index (χ4n) is 3.05. The molecule has 0 radical (unpaired) electrons. The molecule has 0 N–H and O–H groups in total. The van der Waals surface area contributed by atoms with Gasteiger partial charge < -0.3 is 0 Å². The van der Waals surface area contributed by atoms with Crippen LogP contribution in [0.2, 0.25) is 0 Å². The second kappa shape index (κ2) is 13.4. The van der Waals surface area contributed by atoms with Crippen molar-refractivity contribution in [3.8, 4) is 0 Å². The highest BCUT2D eigenvalue weighted by molar-refractivity contribution is 5.38. The SMILES string of the molecule is C.C.CCCc1cc(CN(CC)CC)c(C)c(CN(CC)CC)c1. The molecule has 0 atom stereocenters. The van der Waals surface area contributed by atoms with Crippen molar-refractivity contribution < 1.29 is 0 Å². The lowest BCUT2D eigenvalue weighted by Crippen LogP contribution is -2.25. The Morgan fingerprint density at radius 3 is 1.38 bits per heavy atom. The summed E-state index contributed by atoms with van der Waals surface area (Å²) in [6.07, 6.45) is 2.41. The van der Waals surface area contributed by atoms with Gasteiger partial charge >= 0.3 is 0 Å². The van der Waals surface area contributed by atoms with Gasteiger partial charge in [0.1, 0.15) is 0 Å². The Morgan fingerprint density at radius 2 is 1.08 bits per heavy atom. The maximum Gasteiger partial charge on any atom is 0.0236 e. The molecule has 2 nitrogen and oxygen atoms in total. The molecular weight excluding hydrogens is 292 g/mol. The predicted molar refractivity (Wildman–Crippen MR) is 112 cm³/mol. The molecule has 0 fully saturated rings. The first kappa shape index (κ1) is 25.4. The summed E-state index contributed by atoms with van der Waals surface area (Å²) < 4.78 is 0. The van der Waals surface area contributed by atoms with E-state index in [1.807, 2.05) is 0 Å². The first-order valence-electron chi connectivity index (χ1n) is 9.15. The third kappa shape index (κ3) is 7.36. The molecule has 24 heavy (non-hydrogen) atoms. The Bertz CT molecular complexity index is 397. The van der Waals surface area contributed by atoms with Gasteiger partial charge in [-0.1, -0.05) is 68.0 Å². The molecule has 1 rings (SSSR count). The van der Waals surface area contributed by atoms with E-state index < -0.39 is 0 Å². The smallest absolute Gasteiger partial charge is 0.0236 e. The molecule has 1 aromatic carbocycles. The van der Waals surface area contributed by atoms with Gasteiger partial charge in [0.25, 0.3) is 0 Å². The predicted octanol–water partition coefficient (Wildman–Crippen LogP) is 5.90. The zero-order valence-electron chi connectivity index (χ0n) is 15.7. The second-order valence-electron chi connectivity index (χ2n) is 6.21. The highest BCUT2D eigenvalue weighted by atomic mass is 15.1. The van der Waals surface area contributed by atoms with E-state index in [0.29, 0.717) is 0 Å².